The third-order valence-corrected chi connectivity index (χ3v) is 2.95. The fourth-order valence-corrected chi connectivity index (χ4v) is 2.00. The zero-order valence-corrected chi connectivity index (χ0v) is 10.5. The van der Waals surface area contributed by atoms with E-state index in [1.165, 1.54) is 12.1 Å². The lowest BCUT2D eigenvalue weighted by Crippen LogP contribution is -2.17. The van der Waals surface area contributed by atoms with Gasteiger partial charge in [-0.05, 0) is 31.5 Å². The van der Waals surface area contributed by atoms with Gasteiger partial charge in [0, 0.05) is 25.4 Å². The fourth-order valence-electron chi connectivity index (χ4n) is 2.00. The molecule has 5 heteroatoms. The molecule has 0 spiro atoms. The number of hydrogen-bond donors (Lipinski definition) is 1. The average molecular weight is 249 g/mol. The Morgan fingerprint density at radius 3 is 3.00 bits per heavy atom. The SMILES string of the molecule is CNC(=O)CCCn1nc(C)c2ccc(F)cc21. The number of fused-ring (bicyclic) bond motifs is 1. The smallest absolute Gasteiger partial charge is 0.219 e. The first-order valence-corrected chi connectivity index (χ1v) is 5.95. The Hall–Kier alpha value is -1.91. The first kappa shape index (κ1) is 12.5. The van der Waals surface area contributed by atoms with Gasteiger partial charge >= 0.3 is 0 Å². The van der Waals surface area contributed by atoms with Gasteiger partial charge in [-0.2, -0.15) is 5.10 Å². The molecule has 1 N–H and O–H groups in total. The minimum Gasteiger partial charge on any atom is -0.359 e. The van der Waals surface area contributed by atoms with Gasteiger partial charge in [0.15, 0.2) is 0 Å². The third-order valence-electron chi connectivity index (χ3n) is 2.95. The lowest BCUT2D eigenvalue weighted by molar-refractivity contribution is -0.120. The summed E-state index contributed by atoms with van der Waals surface area (Å²) in [5.41, 5.74) is 1.66. The van der Waals surface area contributed by atoms with Crippen LogP contribution >= 0.6 is 0 Å². The van der Waals surface area contributed by atoms with Gasteiger partial charge in [-0.1, -0.05) is 0 Å². The van der Waals surface area contributed by atoms with Crippen LogP contribution in [0.2, 0.25) is 0 Å². The molecule has 0 atom stereocenters. The van der Waals surface area contributed by atoms with Crippen molar-refractivity contribution < 1.29 is 9.18 Å². The molecule has 0 saturated carbocycles. The molecule has 18 heavy (non-hydrogen) atoms. The van der Waals surface area contributed by atoms with Gasteiger partial charge in [0.1, 0.15) is 5.82 Å². The predicted octanol–water partition coefficient (Wildman–Crippen LogP) is 2.01. The van der Waals surface area contributed by atoms with Crippen molar-refractivity contribution in [3.05, 3.63) is 29.7 Å². The number of nitrogens with one attached hydrogen (secondary N) is 1. The van der Waals surface area contributed by atoms with E-state index in [2.05, 4.69) is 10.4 Å². The third kappa shape index (κ3) is 2.50. The second-order valence-corrected chi connectivity index (χ2v) is 4.25. The van der Waals surface area contributed by atoms with Crippen LogP contribution in [0, 0.1) is 12.7 Å². The van der Waals surface area contributed by atoms with E-state index >= 15 is 0 Å². The number of carbonyl (C=O) groups is 1. The van der Waals surface area contributed by atoms with E-state index in [-0.39, 0.29) is 11.7 Å². The topological polar surface area (TPSA) is 46.9 Å². The molecule has 1 amide bonds. The van der Waals surface area contributed by atoms with Gasteiger partial charge in [-0.25, -0.2) is 4.39 Å². The van der Waals surface area contributed by atoms with Gasteiger partial charge in [0.2, 0.25) is 5.91 Å². The number of nitrogens with zero attached hydrogens (tertiary/aromatic N) is 2. The normalized spacial score (nSPS) is 10.8. The molecule has 0 fully saturated rings. The Kier molecular flexibility index (Phi) is 3.60. The maximum Gasteiger partial charge on any atom is 0.219 e. The van der Waals surface area contributed by atoms with Gasteiger partial charge in [0.25, 0.3) is 0 Å². The van der Waals surface area contributed by atoms with Gasteiger partial charge in [-0.15, -0.1) is 0 Å². The van der Waals surface area contributed by atoms with E-state index in [1.54, 1.807) is 17.8 Å². The predicted molar refractivity (Wildman–Crippen MR) is 67.7 cm³/mol. The average Bonchev–Trinajstić information content (AvgIpc) is 2.65. The Morgan fingerprint density at radius 2 is 2.28 bits per heavy atom. The minimum absolute atomic E-state index is 0.00867. The zero-order valence-electron chi connectivity index (χ0n) is 10.5. The van der Waals surface area contributed by atoms with Crippen molar-refractivity contribution >= 4 is 16.8 Å². The van der Waals surface area contributed by atoms with Crippen LogP contribution in [0.4, 0.5) is 4.39 Å². The van der Waals surface area contributed by atoms with E-state index < -0.39 is 0 Å². The maximum absolute atomic E-state index is 13.2. The summed E-state index contributed by atoms with van der Waals surface area (Å²) in [5, 5.41) is 7.90. The van der Waals surface area contributed by atoms with Crippen molar-refractivity contribution in [2.24, 2.45) is 0 Å². The summed E-state index contributed by atoms with van der Waals surface area (Å²) in [5.74, 6) is -0.260. The molecule has 4 nitrogen and oxygen atoms in total. The largest absolute Gasteiger partial charge is 0.359 e. The fraction of sp³-hybridized carbons (Fsp3) is 0.385. The Labute approximate surface area is 105 Å². The molecule has 1 aromatic heterocycles. The molecule has 1 heterocycles. The number of carbonyl (C=O) groups excluding carboxylic acids is 1. The molecule has 0 radical (unpaired) electrons. The lowest BCUT2D eigenvalue weighted by atomic mass is 10.2. The molecule has 0 aliphatic rings. The summed E-state index contributed by atoms with van der Waals surface area (Å²) >= 11 is 0. The molecule has 1 aromatic carbocycles. The van der Waals surface area contributed by atoms with Crippen LogP contribution in [0.5, 0.6) is 0 Å². The standard InChI is InChI=1S/C13H16FN3O/c1-9-11-6-5-10(14)8-12(11)17(16-9)7-3-4-13(18)15-2/h5-6,8H,3-4,7H2,1-2H3,(H,15,18). The molecule has 0 aliphatic heterocycles. The minimum atomic E-state index is -0.269. The lowest BCUT2D eigenvalue weighted by Gasteiger charge is -2.03. The molecular weight excluding hydrogens is 233 g/mol. The first-order valence-electron chi connectivity index (χ1n) is 5.95. The van der Waals surface area contributed by atoms with Gasteiger partial charge < -0.3 is 5.32 Å². The van der Waals surface area contributed by atoms with E-state index in [0.29, 0.717) is 19.4 Å². The van der Waals surface area contributed by atoms with Crippen LogP contribution in [0.15, 0.2) is 18.2 Å². The highest BCUT2D eigenvalue weighted by Crippen LogP contribution is 2.19. The highest BCUT2D eigenvalue weighted by atomic mass is 19.1. The van der Waals surface area contributed by atoms with Crippen molar-refractivity contribution in [2.75, 3.05) is 7.05 Å². The molecule has 96 valence electrons. The number of halogens is 1. The van der Waals surface area contributed by atoms with Gasteiger partial charge in [-0.3, -0.25) is 9.48 Å². The molecule has 0 unspecified atom stereocenters. The summed E-state index contributed by atoms with van der Waals surface area (Å²) < 4.78 is 15.0. The molecule has 0 aliphatic carbocycles. The van der Waals surface area contributed by atoms with Crippen molar-refractivity contribution in [3.63, 3.8) is 0 Å². The van der Waals surface area contributed by atoms with Crippen molar-refractivity contribution in [1.29, 1.82) is 0 Å². The zero-order chi connectivity index (χ0) is 13.1. The Bertz CT molecular complexity index is 577. The van der Waals surface area contributed by atoms with Crippen LogP contribution in [0.1, 0.15) is 18.5 Å². The summed E-state index contributed by atoms with van der Waals surface area (Å²) in [6.07, 6.45) is 1.14. The summed E-state index contributed by atoms with van der Waals surface area (Å²) in [6.45, 7) is 2.51. The van der Waals surface area contributed by atoms with E-state index in [4.69, 9.17) is 0 Å². The van der Waals surface area contributed by atoms with Crippen LogP contribution < -0.4 is 5.32 Å². The van der Waals surface area contributed by atoms with Crippen LogP contribution in [0.25, 0.3) is 10.9 Å². The number of benzene rings is 1. The van der Waals surface area contributed by atoms with Gasteiger partial charge in [0.05, 0.1) is 11.2 Å². The maximum atomic E-state index is 13.2. The van der Waals surface area contributed by atoms with Crippen LogP contribution in [-0.2, 0) is 11.3 Å². The van der Waals surface area contributed by atoms with Crippen molar-refractivity contribution in [1.82, 2.24) is 15.1 Å². The highest BCUT2D eigenvalue weighted by Gasteiger charge is 2.08. The number of amides is 1. The molecule has 2 rings (SSSR count). The summed E-state index contributed by atoms with van der Waals surface area (Å²) in [7, 11) is 1.62. The second-order valence-electron chi connectivity index (χ2n) is 4.25. The van der Waals surface area contributed by atoms with Crippen LogP contribution in [-0.4, -0.2) is 22.7 Å². The highest BCUT2D eigenvalue weighted by molar-refractivity contribution is 5.81. The summed E-state index contributed by atoms with van der Waals surface area (Å²) in [6, 6.07) is 4.66. The number of hydrogen-bond acceptors (Lipinski definition) is 2. The number of aromatic nitrogens is 2. The quantitative estimate of drug-likeness (QED) is 0.901. The Balaban J connectivity index is 2.18. The molecular formula is C13H16FN3O. The molecule has 2 aromatic rings. The van der Waals surface area contributed by atoms with E-state index in [0.717, 1.165) is 16.6 Å². The Morgan fingerprint density at radius 1 is 1.50 bits per heavy atom. The molecule has 0 bridgehead atoms. The van der Waals surface area contributed by atoms with Crippen LogP contribution in [0.3, 0.4) is 0 Å². The number of aryl methyl sites for hydroxylation is 2. The monoisotopic (exact) mass is 249 g/mol. The van der Waals surface area contributed by atoms with E-state index in [9.17, 15) is 9.18 Å². The van der Waals surface area contributed by atoms with E-state index in [1.807, 2.05) is 6.92 Å². The van der Waals surface area contributed by atoms with Crippen molar-refractivity contribution in [3.8, 4) is 0 Å². The molecule has 0 saturated heterocycles. The second kappa shape index (κ2) is 5.16. The summed E-state index contributed by atoms with van der Waals surface area (Å²) in [4.78, 5) is 11.1. The first-order chi connectivity index (χ1) is 8.61. The number of rotatable bonds is 4. The van der Waals surface area contributed by atoms with Crippen molar-refractivity contribution in [2.45, 2.75) is 26.3 Å².